The van der Waals surface area contributed by atoms with Crippen molar-refractivity contribution in [2.75, 3.05) is 0 Å². The topological polar surface area (TPSA) is 135 Å². The molecular formula is C7H11CsO5. The Kier molecular flexibility index (Phi) is 22.8. The van der Waals surface area contributed by atoms with Gasteiger partial charge in [0.2, 0.25) is 0 Å². The molecule has 1 rings (SSSR count). The second-order valence-electron chi connectivity index (χ2n) is 1.65. The van der Waals surface area contributed by atoms with Gasteiger partial charge < -0.3 is 26.3 Å². The molecule has 0 heterocycles. The smallest absolute Gasteiger partial charge is 0.545 e. The van der Waals surface area contributed by atoms with Crippen molar-refractivity contribution in [3.8, 4) is 0 Å². The van der Waals surface area contributed by atoms with E-state index in [0.717, 1.165) is 0 Å². The fraction of sp³-hybridized carbons (Fsp3) is 0. The van der Waals surface area contributed by atoms with E-state index in [4.69, 9.17) is 0 Å². The summed E-state index contributed by atoms with van der Waals surface area (Å²) in [5.74, 6) is -1.13. The van der Waals surface area contributed by atoms with E-state index >= 15 is 0 Å². The van der Waals surface area contributed by atoms with Crippen LogP contribution in [-0.2, 0) is 0 Å². The van der Waals surface area contributed by atoms with Gasteiger partial charge in [0, 0.05) is 0 Å². The van der Waals surface area contributed by atoms with Crippen LogP contribution in [0.2, 0.25) is 0 Å². The molecule has 6 N–H and O–H groups in total. The van der Waals surface area contributed by atoms with E-state index in [0.29, 0.717) is 0 Å². The van der Waals surface area contributed by atoms with Crippen molar-refractivity contribution in [2.45, 2.75) is 0 Å². The summed E-state index contributed by atoms with van der Waals surface area (Å²) in [6.07, 6.45) is 0. The van der Waals surface area contributed by atoms with Gasteiger partial charge in [-0.05, 0) is 5.56 Å². The predicted octanol–water partition coefficient (Wildman–Crippen LogP) is -5.42. The van der Waals surface area contributed by atoms with Crippen LogP contribution in [0.15, 0.2) is 30.3 Å². The van der Waals surface area contributed by atoms with Crippen LogP contribution in [0.4, 0.5) is 0 Å². The second kappa shape index (κ2) is 12.6. The van der Waals surface area contributed by atoms with Gasteiger partial charge in [-0.15, -0.1) is 0 Å². The molecule has 0 bridgehead atoms. The van der Waals surface area contributed by atoms with Crippen LogP contribution in [0.5, 0.6) is 0 Å². The van der Waals surface area contributed by atoms with E-state index in [9.17, 15) is 9.90 Å². The summed E-state index contributed by atoms with van der Waals surface area (Å²) in [6, 6.07) is 8.06. The van der Waals surface area contributed by atoms with Crippen molar-refractivity contribution >= 4 is 5.97 Å². The van der Waals surface area contributed by atoms with Crippen LogP contribution in [0, 0.1) is 0 Å². The van der Waals surface area contributed by atoms with Crippen LogP contribution in [0.25, 0.3) is 0 Å². The summed E-state index contributed by atoms with van der Waals surface area (Å²) < 4.78 is 0. The SMILES string of the molecule is O.O.O.O=C([O-])c1ccccc1.[Cs+]. The number of hydrogen-bond acceptors (Lipinski definition) is 2. The summed E-state index contributed by atoms with van der Waals surface area (Å²) in [7, 11) is 0. The number of aromatic carboxylic acids is 1. The van der Waals surface area contributed by atoms with Gasteiger partial charge in [-0.25, -0.2) is 0 Å². The average molecular weight is 308 g/mol. The number of rotatable bonds is 1. The molecule has 0 radical (unpaired) electrons. The Morgan fingerprint density at radius 2 is 1.38 bits per heavy atom. The zero-order chi connectivity index (χ0) is 6.69. The molecule has 0 saturated carbocycles. The zero-order valence-electron chi connectivity index (χ0n) is 7.20. The first-order chi connectivity index (χ1) is 4.30. The van der Waals surface area contributed by atoms with Gasteiger partial charge in [0.1, 0.15) is 0 Å². The Bertz CT molecular complexity index is 213. The van der Waals surface area contributed by atoms with Crippen molar-refractivity contribution < 1.29 is 95.2 Å². The van der Waals surface area contributed by atoms with Crippen molar-refractivity contribution in [1.29, 1.82) is 0 Å². The fourth-order valence-corrected chi connectivity index (χ4v) is 0.574. The van der Waals surface area contributed by atoms with Crippen LogP contribution in [0.3, 0.4) is 0 Å². The molecule has 0 aromatic heterocycles. The van der Waals surface area contributed by atoms with E-state index in [1.54, 1.807) is 18.2 Å². The third-order valence-corrected chi connectivity index (χ3v) is 1.01. The van der Waals surface area contributed by atoms with E-state index in [1.807, 2.05) is 0 Å². The molecule has 0 unspecified atom stereocenters. The average Bonchev–Trinajstić information content (AvgIpc) is 1.90. The largest absolute Gasteiger partial charge is 1.00 e. The van der Waals surface area contributed by atoms with Gasteiger partial charge in [0.05, 0.1) is 5.97 Å². The molecule has 0 aliphatic carbocycles. The van der Waals surface area contributed by atoms with E-state index in [2.05, 4.69) is 0 Å². The first-order valence-corrected chi connectivity index (χ1v) is 2.57. The molecule has 0 aliphatic rings. The molecule has 0 saturated heterocycles. The Balaban J connectivity index is -0.000000101. The summed E-state index contributed by atoms with van der Waals surface area (Å²) in [5.41, 5.74) is 0.220. The maximum absolute atomic E-state index is 10.1. The number of carbonyl (C=O) groups excluding carboxylic acids is 1. The molecule has 1 aromatic rings. The molecule has 1 aromatic carbocycles. The predicted molar refractivity (Wildman–Crippen MR) is 41.6 cm³/mol. The summed E-state index contributed by atoms with van der Waals surface area (Å²) in [6.45, 7) is 0. The van der Waals surface area contributed by atoms with Crippen LogP contribution >= 0.6 is 0 Å². The third kappa shape index (κ3) is 8.94. The molecule has 0 aliphatic heterocycles. The molecule has 0 fully saturated rings. The second-order valence-corrected chi connectivity index (χ2v) is 1.65. The number of carbonyl (C=O) groups is 1. The van der Waals surface area contributed by atoms with Gasteiger partial charge in [-0.1, -0.05) is 30.3 Å². The molecular weight excluding hydrogens is 297 g/mol. The number of carboxylic acid groups (broad SMARTS) is 1. The Hall–Kier alpha value is 0.622. The summed E-state index contributed by atoms with van der Waals surface area (Å²) >= 11 is 0. The fourth-order valence-electron chi connectivity index (χ4n) is 0.574. The van der Waals surface area contributed by atoms with Gasteiger partial charge in [-0.2, -0.15) is 0 Å². The standard InChI is InChI=1S/C7H6O2.Cs.3H2O/c8-7(9)6-4-2-1-3-5-6;;;;/h1-5H,(H,8,9);;3*1H2/q;+1;;;/p-1. The maximum atomic E-state index is 10.1. The monoisotopic (exact) mass is 308 g/mol. The van der Waals surface area contributed by atoms with Crippen LogP contribution in [-0.4, -0.2) is 22.4 Å². The summed E-state index contributed by atoms with van der Waals surface area (Å²) in [4.78, 5) is 10.1. The van der Waals surface area contributed by atoms with E-state index < -0.39 is 5.97 Å². The maximum Gasteiger partial charge on any atom is 1.00 e. The van der Waals surface area contributed by atoms with Crippen molar-refractivity contribution in [3.05, 3.63) is 35.9 Å². The number of hydrogen-bond donors (Lipinski definition) is 0. The van der Waals surface area contributed by atoms with E-state index in [-0.39, 0.29) is 90.9 Å². The van der Waals surface area contributed by atoms with Gasteiger partial charge in [0.15, 0.2) is 0 Å². The Morgan fingerprint density at radius 1 is 1.00 bits per heavy atom. The minimum absolute atomic E-state index is 0. The molecule has 5 nitrogen and oxygen atoms in total. The van der Waals surface area contributed by atoms with Crippen molar-refractivity contribution in [1.82, 2.24) is 0 Å². The molecule has 6 heteroatoms. The van der Waals surface area contributed by atoms with Crippen LogP contribution < -0.4 is 74.0 Å². The first-order valence-electron chi connectivity index (χ1n) is 2.57. The van der Waals surface area contributed by atoms with Gasteiger partial charge in [0.25, 0.3) is 0 Å². The van der Waals surface area contributed by atoms with Gasteiger partial charge in [-0.3, -0.25) is 0 Å². The Labute approximate surface area is 134 Å². The molecule has 0 amide bonds. The van der Waals surface area contributed by atoms with E-state index in [1.165, 1.54) is 12.1 Å². The normalized spacial score (nSPS) is 6.15. The number of benzene rings is 1. The van der Waals surface area contributed by atoms with Gasteiger partial charge >= 0.3 is 68.9 Å². The third-order valence-electron chi connectivity index (χ3n) is 1.01. The quantitative estimate of drug-likeness (QED) is 0.512. The van der Waals surface area contributed by atoms with Crippen molar-refractivity contribution in [2.24, 2.45) is 0 Å². The molecule has 13 heavy (non-hydrogen) atoms. The summed E-state index contributed by atoms with van der Waals surface area (Å²) in [5, 5.41) is 10.1. The molecule has 0 atom stereocenters. The number of carboxylic acids is 1. The molecule has 70 valence electrons. The van der Waals surface area contributed by atoms with Crippen molar-refractivity contribution in [3.63, 3.8) is 0 Å². The first kappa shape index (κ1) is 23.4. The molecule has 0 spiro atoms. The Morgan fingerprint density at radius 3 is 1.62 bits per heavy atom. The van der Waals surface area contributed by atoms with Crippen LogP contribution in [0.1, 0.15) is 10.4 Å². The minimum atomic E-state index is -1.13. The zero-order valence-corrected chi connectivity index (χ0v) is 13.5. The minimum Gasteiger partial charge on any atom is -0.545 e.